The zero-order valence-corrected chi connectivity index (χ0v) is 7.86. The zero-order chi connectivity index (χ0) is 9.26. The molecule has 4 heteroatoms. The second kappa shape index (κ2) is 3.30. The smallest absolute Gasteiger partial charge is 0.248 e. The summed E-state index contributed by atoms with van der Waals surface area (Å²) in [7, 11) is 0. The van der Waals surface area contributed by atoms with Gasteiger partial charge in [0.1, 0.15) is 0 Å². The van der Waals surface area contributed by atoms with Crippen molar-refractivity contribution < 1.29 is 4.79 Å². The number of amides is 1. The standard InChI is InChI=1S/C9H10N2OS/c10-9(12)6-1-2-8-7(5-6)11-3-4-13-8/h1-2,5,11H,3-4H2,(H2,10,12). The Labute approximate surface area is 80.7 Å². The van der Waals surface area contributed by atoms with Crippen LogP contribution in [0.2, 0.25) is 0 Å². The third-order valence-corrected chi connectivity index (χ3v) is 3.01. The molecule has 3 N–H and O–H groups in total. The Kier molecular flexibility index (Phi) is 2.14. The number of nitrogens with one attached hydrogen (secondary N) is 1. The minimum Gasteiger partial charge on any atom is -0.383 e. The van der Waals surface area contributed by atoms with E-state index in [9.17, 15) is 4.79 Å². The van der Waals surface area contributed by atoms with E-state index in [4.69, 9.17) is 5.73 Å². The minimum absolute atomic E-state index is 0.375. The van der Waals surface area contributed by atoms with E-state index in [2.05, 4.69) is 5.32 Å². The summed E-state index contributed by atoms with van der Waals surface area (Å²) in [6, 6.07) is 5.51. The van der Waals surface area contributed by atoms with Crippen molar-refractivity contribution in [3.8, 4) is 0 Å². The summed E-state index contributed by atoms with van der Waals surface area (Å²) in [5, 5.41) is 3.23. The monoisotopic (exact) mass is 194 g/mol. The Balaban J connectivity index is 2.40. The lowest BCUT2D eigenvalue weighted by atomic mass is 10.2. The lowest BCUT2D eigenvalue weighted by molar-refractivity contribution is 0.100. The molecule has 0 saturated heterocycles. The number of fused-ring (bicyclic) bond motifs is 1. The molecule has 3 nitrogen and oxygen atoms in total. The summed E-state index contributed by atoms with van der Waals surface area (Å²) in [5.41, 5.74) is 6.76. The van der Waals surface area contributed by atoms with Crippen LogP contribution in [0.1, 0.15) is 10.4 Å². The van der Waals surface area contributed by atoms with E-state index in [0.29, 0.717) is 5.56 Å². The van der Waals surface area contributed by atoms with E-state index in [1.54, 1.807) is 17.8 Å². The van der Waals surface area contributed by atoms with Gasteiger partial charge in [0.25, 0.3) is 0 Å². The number of anilines is 1. The lowest BCUT2D eigenvalue weighted by Crippen LogP contribution is -2.14. The second-order valence-electron chi connectivity index (χ2n) is 2.85. The molecule has 0 radical (unpaired) electrons. The fraction of sp³-hybridized carbons (Fsp3) is 0.222. The largest absolute Gasteiger partial charge is 0.383 e. The van der Waals surface area contributed by atoms with Gasteiger partial charge in [-0.05, 0) is 18.2 Å². The molecule has 0 atom stereocenters. The molecule has 1 aliphatic rings. The number of carbonyl (C=O) groups is 1. The average Bonchev–Trinajstić information content (AvgIpc) is 2.17. The van der Waals surface area contributed by atoms with Gasteiger partial charge in [-0.3, -0.25) is 4.79 Å². The second-order valence-corrected chi connectivity index (χ2v) is 3.99. The molecule has 0 fully saturated rings. The molecule has 68 valence electrons. The van der Waals surface area contributed by atoms with Crippen LogP contribution in [0.25, 0.3) is 0 Å². The van der Waals surface area contributed by atoms with E-state index < -0.39 is 0 Å². The summed E-state index contributed by atoms with van der Waals surface area (Å²) in [5.74, 6) is 0.698. The SMILES string of the molecule is NC(=O)c1ccc2c(c1)NCCS2. The molecule has 2 rings (SSSR count). The maximum Gasteiger partial charge on any atom is 0.248 e. The fourth-order valence-corrected chi connectivity index (χ4v) is 2.17. The van der Waals surface area contributed by atoms with Gasteiger partial charge in [0.05, 0.1) is 0 Å². The maximum atomic E-state index is 10.9. The summed E-state index contributed by atoms with van der Waals surface area (Å²) >= 11 is 1.79. The molecular formula is C9H10N2OS. The van der Waals surface area contributed by atoms with Crippen molar-refractivity contribution in [2.45, 2.75) is 4.90 Å². The third-order valence-electron chi connectivity index (χ3n) is 1.94. The average molecular weight is 194 g/mol. The number of primary amides is 1. The molecule has 0 saturated carbocycles. The van der Waals surface area contributed by atoms with Gasteiger partial charge in [-0.2, -0.15) is 0 Å². The summed E-state index contributed by atoms with van der Waals surface area (Å²) in [6.45, 7) is 0.944. The molecule has 0 aromatic heterocycles. The predicted octanol–water partition coefficient (Wildman–Crippen LogP) is 1.30. The minimum atomic E-state index is -0.375. The van der Waals surface area contributed by atoms with Crippen LogP contribution in [0.4, 0.5) is 5.69 Å². The van der Waals surface area contributed by atoms with Crippen molar-refractivity contribution in [1.29, 1.82) is 0 Å². The summed E-state index contributed by atoms with van der Waals surface area (Å²) in [6.07, 6.45) is 0. The molecule has 1 aliphatic heterocycles. The highest BCUT2D eigenvalue weighted by Crippen LogP contribution is 2.31. The van der Waals surface area contributed by atoms with Crippen LogP contribution in [0, 0.1) is 0 Å². The van der Waals surface area contributed by atoms with Gasteiger partial charge >= 0.3 is 0 Å². The van der Waals surface area contributed by atoms with E-state index in [1.165, 1.54) is 4.90 Å². The number of hydrogen-bond acceptors (Lipinski definition) is 3. The highest BCUT2D eigenvalue weighted by atomic mass is 32.2. The first-order valence-corrected chi connectivity index (χ1v) is 5.06. The van der Waals surface area contributed by atoms with Crippen molar-refractivity contribution in [3.05, 3.63) is 23.8 Å². The van der Waals surface area contributed by atoms with Gasteiger partial charge in [0, 0.05) is 28.4 Å². The van der Waals surface area contributed by atoms with Crippen LogP contribution in [-0.4, -0.2) is 18.2 Å². The van der Waals surface area contributed by atoms with Crippen LogP contribution < -0.4 is 11.1 Å². The van der Waals surface area contributed by atoms with Crippen LogP contribution in [0.3, 0.4) is 0 Å². The molecule has 0 bridgehead atoms. The van der Waals surface area contributed by atoms with E-state index in [0.717, 1.165) is 18.0 Å². The predicted molar refractivity (Wildman–Crippen MR) is 54.2 cm³/mol. The molecule has 13 heavy (non-hydrogen) atoms. The van der Waals surface area contributed by atoms with Crippen molar-refractivity contribution in [3.63, 3.8) is 0 Å². The van der Waals surface area contributed by atoms with Crippen LogP contribution in [0.15, 0.2) is 23.1 Å². The van der Waals surface area contributed by atoms with Crippen LogP contribution in [0.5, 0.6) is 0 Å². The first-order chi connectivity index (χ1) is 6.27. The molecule has 0 unspecified atom stereocenters. The van der Waals surface area contributed by atoms with Crippen LogP contribution >= 0.6 is 11.8 Å². The number of thioether (sulfide) groups is 1. The Morgan fingerprint density at radius 2 is 2.38 bits per heavy atom. The molecule has 0 spiro atoms. The van der Waals surface area contributed by atoms with Crippen LogP contribution in [-0.2, 0) is 0 Å². The summed E-state index contributed by atoms with van der Waals surface area (Å²) < 4.78 is 0. The molecule has 1 aromatic rings. The molecule has 1 aromatic carbocycles. The van der Waals surface area contributed by atoms with Gasteiger partial charge in [-0.15, -0.1) is 11.8 Å². The normalized spacial score (nSPS) is 14.5. The van der Waals surface area contributed by atoms with Gasteiger partial charge in [0.15, 0.2) is 0 Å². The first-order valence-electron chi connectivity index (χ1n) is 4.08. The van der Waals surface area contributed by atoms with Crippen molar-refractivity contribution in [2.24, 2.45) is 5.73 Å². The van der Waals surface area contributed by atoms with Gasteiger partial charge in [-0.25, -0.2) is 0 Å². The van der Waals surface area contributed by atoms with Gasteiger partial charge < -0.3 is 11.1 Å². The Morgan fingerprint density at radius 1 is 1.54 bits per heavy atom. The van der Waals surface area contributed by atoms with Crippen molar-refractivity contribution in [2.75, 3.05) is 17.6 Å². The molecule has 1 amide bonds. The lowest BCUT2D eigenvalue weighted by Gasteiger charge is -2.17. The highest BCUT2D eigenvalue weighted by Gasteiger charge is 2.10. The van der Waals surface area contributed by atoms with Gasteiger partial charge in [-0.1, -0.05) is 0 Å². The van der Waals surface area contributed by atoms with E-state index in [-0.39, 0.29) is 5.91 Å². The molecular weight excluding hydrogens is 184 g/mol. The van der Waals surface area contributed by atoms with Gasteiger partial charge in [0.2, 0.25) is 5.91 Å². The zero-order valence-electron chi connectivity index (χ0n) is 7.04. The highest BCUT2D eigenvalue weighted by molar-refractivity contribution is 7.99. The summed E-state index contributed by atoms with van der Waals surface area (Å²) in [4.78, 5) is 12.1. The number of nitrogens with two attached hydrogens (primary N) is 1. The number of hydrogen-bond donors (Lipinski definition) is 2. The van der Waals surface area contributed by atoms with Crippen molar-refractivity contribution in [1.82, 2.24) is 0 Å². The molecule has 1 heterocycles. The topological polar surface area (TPSA) is 55.1 Å². The number of rotatable bonds is 1. The quantitative estimate of drug-likeness (QED) is 0.708. The Morgan fingerprint density at radius 3 is 3.15 bits per heavy atom. The van der Waals surface area contributed by atoms with Crippen molar-refractivity contribution >= 4 is 23.4 Å². The van der Waals surface area contributed by atoms with E-state index >= 15 is 0 Å². The Bertz CT molecular complexity index is 351. The number of benzene rings is 1. The third kappa shape index (κ3) is 1.62. The fourth-order valence-electron chi connectivity index (χ4n) is 1.29. The maximum absolute atomic E-state index is 10.9. The van der Waals surface area contributed by atoms with E-state index in [1.807, 2.05) is 12.1 Å². The number of carbonyl (C=O) groups excluding carboxylic acids is 1. The Hall–Kier alpha value is -1.16. The molecule has 0 aliphatic carbocycles. The first kappa shape index (κ1) is 8.44.